The molecule has 4 rings (SSSR count). The second-order valence-corrected chi connectivity index (χ2v) is 7.94. The third kappa shape index (κ3) is 4.20. The predicted octanol–water partition coefficient (Wildman–Crippen LogP) is 4.70. The van der Waals surface area contributed by atoms with Gasteiger partial charge in [-0.25, -0.2) is 4.79 Å². The highest BCUT2D eigenvalue weighted by Crippen LogP contribution is 2.35. The van der Waals surface area contributed by atoms with Crippen LogP contribution in [0.2, 0.25) is 0 Å². The van der Waals surface area contributed by atoms with Crippen LogP contribution in [-0.4, -0.2) is 36.6 Å². The Bertz CT molecular complexity index is 724. The van der Waals surface area contributed by atoms with Gasteiger partial charge in [0.05, 0.1) is 0 Å². The molecule has 2 amide bonds. The summed E-state index contributed by atoms with van der Waals surface area (Å²) in [6.45, 7) is 5.13. The molecule has 1 aliphatic heterocycles. The molecule has 1 aromatic rings. The van der Waals surface area contributed by atoms with E-state index < -0.39 is 0 Å². The van der Waals surface area contributed by atoms with Crippen LogP contribution >= 0.6 is 0 Å². The van der Waals surface area contributed by atoms with E-state index in [-0.39, 0.29) is 6.03 Å². The van der Waals surface area contributed by atoms with Crippen molar-refractivity contribution in [3.63, 3.8) is 0 Å². The Labute approximate surface area is 162 Å². The summed E-state index contributed by atoms with van der Waals surface area (Å²) in [7, 11) is 0. The summed E-state index contributed by atoms with van der Waals surface area (Å²) in [5.41, 5.74) is 3.93. The van der Waals surface area contributed by atoms with Crippen molar-refractivity contribution in [2.24, 2.45) is 5.92 Å². The molecule has 144 valence electrons. The van der Waals surface area contributed by atoms with E-state index in [0.717, 1.165) is 58.2 Å². The van der Waals surface area contributed by atoms with E-state index in [1.165, 1.54) is 17.0 Å². The number of carbonyl (C=O) groups is 1. The second-order valence-electron chi connectivity index (χ2n) is 7.94. The Hall–Kier alpha value is -2.23. The third-order valence-electron chi connectivity index (χ3n) is 6.15. The van der Waals surface area contributed by atoms with E-state index >= 15 is 0 Å². The Balaban J connectivity index is 1.27. The molecule has 2 unspecified atom stereocenters. The molecule has 0 aromatic heterocycles. The molecule has 2 atom stereocenters. The third-order valence-corrected chi connectivity index (χ3v) is 6.15. The molecule has 0 radical (unpaired) electrons. The van der Waals surface area contributed by atoms with Crippen LogP contribution in [-0.2, 0) is 0 Å². The van der Waals surface area contributed by atoms with Gasteiger partial charge in [-0.1, -0.05) is 24.3 Å². The number of benzene rings is 1. The second kappa shape index (κ2) is 8.20. The van der Waals surface area contributed by atoms with E-state index in [0.29, 0.717) is 12.0 Å². The highest BCUT2D eigenvalue weighted by Gasteiger charge is 2.39. The maximum absolute atomic E-state index is 12.8. The van der Waals surface area contributed by atoms with E-state index in [1.807, 2.05) is 4.90 Å². The van der Waals surface area contributed by atoms with Gasteiger partial charge >= 0.3 is 6.03 Å². The smallest absolute Gasteiger partial charge is 0.322 e. The number of carbonyl (C=O) groups excluding carboxylic acids is 1. The van der Waals surface area contributed by atoms with Crippen molar-refractivity contribution in [1.82, 2.24) is 10.2 Å². The van der Waals surface area contributed by atoms with Gasteiger partial charge in [0.15, 0.2) is 0 Å². The summed E-state index contributed by atoms with van der Waals surface area (Å²) in [6.07, 6.45) is 11.1. The van der Waals surface area contributed by atoms with Gasteiger partial charge in [-0.15, -0.1) is 0 Å². The minimum Gasteiger partial charge on any atom is -0.372 e. The number of nitrogens with zero attached hydrogens (tertiary/aromatic N) is 2. The van der Waals surface area contributed by atoms with Gasteiger partial charge in [0.2, 0.25) is 0 Å². The predicted molar refractivity (Wildman–Crippen MR) is 111 cm³/mol. The van der Waals surface area contributed by atoms with Gasteiger partial charge in [-0.2, -0.15) is 0 Å². The maximum atomic E-state index is 12.8. The van der Waals surface area contributed by atoms with Gasteiger partial charge in [-0.05, 0) is 75.1 Å². The van der Waals surface area contributed by atoms with Gasteiger partial charge in [-0.3, -0.25) is 4.90 Å². The van der Waals surface area contributed by atoms with Crippen LogP contribution in [0.25, 0.3) is 0 Å². The number of hydrogen-bond donors (Lipinski definition) is 1. The summed E-state index contributed by atoms with van der Waals surface area (Å²) in [5.74, 6) is 0.617. The first kappa shape index (κ1) is 18.1. The van der Waals surface area contributed by atoms with Crippen molar-refractivity contribution in [2.45, 2.75) is 51.5 Å². The lowest BCUT2D eigenvalue weighted by molar-refractivity contribution is 0.207. The van der Waals surface area contributed by atoms with Gasteiger partial charge in [0, 0.05) is 37.1 Å². The molecule has 1 fully saturated rings. The number of anilines is 1. The standard InChI is InChI=1S/C23H31N3O/c1-2-25(20-11-4-3-5-12-20)16-14-19-17-21(19)24-23(27)26-15-8-10-18-9-6-7-13-22(18)26/h3-5,7,11-13,19,21H,2,6,8-10,14-17H2,1H3,(H,24,27). The molecule has 3 aliphatic rings. The first-order valence-corrected chi connectivity index (χ1v) is 10.5. The quantitative estimate of drug-likeness (QED) is 0.793. The number of nitrogens with one attached hydrogen (secondary N) is 1. The van der Waals surface area contributed by atoms with Crippen LogP contribution in [0.1, 0.15) is 45.4 Å². The molecule has 0 spiro atoms. The molecular weight excluding hydrogens is 334 g/mol. The van der Waals surface area contributed by atoms with Gasteiger partial charge in [0.25, 0.3) is 0 Å². The van der Waals surface area contributed by atoms with Crippen LogP contribution in [0.4, 0.5) is 10.5 Å². The molecular formula is C23H31N3O. The van der Waals surface area contributed by atoms with Crippen LogP contribution < -0.4 is 10.2 Å². The molecule has 1 aromatic carbocycles. The zero-order valence-corrected chi connectivity index (χ0v) is 16.4. The summed E-state index contributed by atoms with van der Waals surface area (Å²) in [4.78, 5) is 17.2. The lowest BCUT2D eigenvalue weighted by atomic mass is 9.94. The van der Waals surface area contributed by atoms with Crippen molar-refractivity contribution in [1.29, 1.82) is 0 Å². The number of hydrogen-bond acceptors (Lipinski definition) is 2. The first-order chi connectivity index (χ1) is 13.3. The minimum atomic E-state index is 0.108. The van der Waals surface area contributed by atoms with Crippen molar-refractivity contribution in [3.8, 4) is 0 Å². The highest BCUT2D eigenvalue weighted by molar-refractivity contribution is 5.78. The summed E-state index contributed by atoms with van der Waals surface area (Å²) in [5, 5.41) is 3.29. The minimum absolute atomic E-state index is 0.108. The normalized spacial score (nSPS) is 23.8. The summed E-state index contributed by atoms with van der Waals surface area (Å²) < 4.78 is 0. The average Bonchev–Trinajstić information content (AvgIpc) is 3.46. The topological polar surface area (TPSA) is 35.6 Å². The maximum Gasteiger partial charge on any atom is 0.322 e. The number of allylic oxidation sites excluding steroid dienone is 3. The average molecular weight is 366 g/mol. The van der Waals surface area contributed by atoms with E-state index in [9.17, 15) is 4.79 Å². The molecule has 0 saturated heterocycles. The first-order valence-electron chi connectivity index (χ1n) is 10.5. The largest absolute Gasteiger partial charge is 0.372 e. The molecule has 1 saturated carbocycles. The molecule has 1 heterocycles. The van der Waals surface area contributed by atoms with Crippen molar-refractivity contribution in [3.05, 3.63) is 53.8 Å². The molecule has 0 bridgehead atoms. The van der Waals surface area contributed by atoms with Crippen LogP contribution in [0.3, 0.4) is 0 Å². The molecule has 2 aliphatic carbocycles. The Kier molecular flexibility index (Phi) is 5.51. The van der Waals surface area contributed by atoms with Crippen molar-refractivity contribution in [2.75, 3.05) is 24.5 Å². The van der Waals surface area contributed by atoms with E-state index in [4.69, 9.17) is 0 Å². The summed E-state index contributed by atoms with van der Waals surface area (Å²) >= 11 is 0. The highest BCUT2D eigenvalue weighted by atomic mass is 16.2. The lowest BCUT2D eigenvalue weighted by Gasteiger charge is -2.32. The Morgan fingerprint density at radius 2 is 2.11 bits per heavy atom. The fourth-order valence-electron chi connectivity index (χ4n) is 4.42. The number of amides is 2. The van der Waals surface area contributed by atoms with Crippen LogP contribution in [0, 0.1) is 5.92 Å². The fraction of sp³-hybridized carbons (Fsp3) is 0.522. The Morgan fingerprint density at radius 1 is 1.26 bits per heavy atom. The number of urea groups is 1. The SMILES string of the molecule is CCN(CCC1CC1NC(=O)N1CCCC2=C1C=CCC2)c1ccccc1. The van der Waals surface area contributed by atoms with Crippen LogP contribution in [0.5, 0.6) is 0 Å². The van der Waals surface area contributed by atoms with Gasteiger partial charge in [0.1, 0.15) is 0 Å². The van der Waals surface area contributed by atoms with E-state index in [2.05, 4.69) is 59.6 Å². The number of para-hydroxylation sites is 1. The summed E-state index contributed by atoms with van der Waals surface area (Å²) in [6, 6.07) is 11.1. The zero-order valence-electron chi connectivity index (χ0n) is 16.4. The molecule has 27 heavy (non-hydrogen) atoms. The zero-order chi connectivity index (χ0) is 18.6. The van der Waals surface area contributed by atoms with Crippen molar-refractivity contribution >= 4 is 11.7 Å². The monoisotopic (exact) mass is 365 g/mol. The Morgan fingerprint density at radius 3 is 2.93 bits per heavy atom. The molecule has 1 N–H and O–H groups in total. The van der Waals surface area contributed by atoms with Crippen molar-refractivity contribution < 1.29 is 4.79 Å². The fourth-order valence-corrected chi connectivity index (χ4v) is 4.42. The number of rotatable bonds is 6. The lowest BCUT2D eigenvalue weighted by Crippen LogP contribution is -2.43. The molecule has 4 nitrogen and oxygen atoms in total. The van der Waals surface area contributed by atoms with E-state index in [1.54, 1.807) is 0 Å². The van der Waals surface area contributed by atoms with Gasteiger partial charge < -0.3 is 10.2 Å². The molecule has 4 heteroatoms. The van der Waals surface area contributed by atoms with Crippen LogP contribution in [0.15, 0.2) is 53.8 Å².